The van der Waals surface area contributed by atoms with Crippen LogP contribution in [0.25, 0.3) is 0 Å². The lowest BCUT2D eigenvalue weighted by Crippen LogP contribution is -2.53. The molecule has 0 bridgehead atoms. The minimum absolute atomic E-state index is 0.364. The van der Waals surface area contributed by atoms with Crippen LogP contribution in [0.1, 0.15) is 106 Å². The van der Waals surface area contributed by atoms with Crippen LogP contribution in [-0.4, -0.2) is 0 Å². The van der Waals surface area contributed by atoms with Gasteiger partial charge in [0.05, 0.1) is 5.56 Å². The van der Waals surface area contributed by atoms with Crippen molar-refractivity contribution in [2.45, 2.75) is 75.3 Å². The summed E-state index contributed by atoms with van der Waals surface area (Å²) in [6.07, 6.45) is -3.25. The van der Waals surface area contributed by atoms with Crippen molar-refractivity contribution in [3.8, 4) is 0 Å². The highest BCUT2D eigenvalue weighted by Gasteiger charge is 2.59. The molecule has 5 unspecified atom stereocenters. The molecule has 0 nitrogen and oxygen atoms in total. The summed E-state index contributed by atoms with van der Waals surface area (Å²) in [5.41, 5.74) is 7.14. The molecule has 0 aromatic heterocycles. The summed E-state index contributed by atoms with van der Waals surface area (Å²) in [6, 6.07) is 66.2. The second kappa shape index (κ2) is 20.7. The van der Waals surface area contributed by atoms with E-state index in [4.69, 9.17) is 46.4 Å². The lowest BCUT2D eigenvalue weighted by atomic mass is 9.45. The third-order valence-corrected chi connectivity index (χ3v) is 15.2. The van der Waals surface area contributed by atoms with Crippen molar-refractivity contribution in [2.24, 2.45) is 5.92 Å². The van der Waals surface area contributed by atoms with Crippen LogP contribution in [0.15, 0.2) is 200 Å². The van der Waals surface area contributed by atoms with E-state index in [9.17, 15) is 13.2 Å². The van der Waals surface area contributed by atoms with Gasteiger partial charge in [0.1, 0.15) is 0 Å². The summed E-state index contributed by atoms with van der Waals surface area (Å²) in [5, 5.41) is 2.36. The summed E-state index contributed by atoms with van der Waals surface area (Å²) in [7, 11) is 0. The highest BCUT2D eigenvalue weighted by molar-refractivity contribution is 6.32. The Balaban J connectivity index is 1.65. The van der Waals surface area contributed by atoms with E-state index < -0.39 is 34.4 Å². The highest BCUT2D eigenvalue weighted by atomic mass is 35.5. The van der Waals surface area contributed by atoms with E-state index in [0.717, 1.165) is 62.1 Å². The first-order chi connectivity index (χ1) is 32.6. The standard InChI is InChI=1S/C61H53Cl4F3/c1-5-38-60(48-14-10-7-11-15-48,53-37-18-41(3)39-54(53)65)58(46-21-27-49(28-22-46)61(66,67)68)59(4,47-29-35-52(64)36-30-47)57(55(42-12-8-6-9-13-42)44-23-31-50(62)32-24-44)56(43-19-16-40(2)17-20-43)45-25-33-51(63)34-26-45/h6-37,39,55-58H,5,38H2,1-4H3/t55?,56?,57?,58?,59?,60-/m1/s1. The maximum absolute atomic E-state index is 14.8. The van der Waals surface area contributed by atoms with Crippen molar-refractivity contribution in [1.82, 2.24) is 0 Å². The van der Waals surface area contributed by atoms with Gasteiger partial charge in [0.15, 0.2) is 0 Å². The largest absolute Gasteiger partial charge is 0.416 e. The molecular formula is C61H53Cl4F3. The smallest absolute Gasteiger partial charge is 0.166 e. The van der Waals surface area contributed by atoms with Gasteiger partial charge in [-0.05, 0) is 131 Å². The Labute approximate surface area is 419 Å². The number of hydrogen-bond donors (Lipinski definition) is 0. The van der Waals surface area contributed by atoms with Crippen molar-refractivity contribution >= 4 is 46.4 Å². The van der Waals surface area contributed by atoms with Crippen molar-refractivity contribution in [1.29, 1.82) is 0 Å². The second-order valence-corrected chi connectivity index (χ2v) is 20.0. The fourth-order valence-corrected chi connectivity index (χ4v) is 12.0. The summed E-state index contributed by atoms with van der Waals surface area (Å²) in [4.78, 5) is 0. The number of aryl methyl sites for hydroxylation is 2. The lowest BCUT2D eigenvalue weighted by Gasteiger charge is -2.57. The van der Waals surface area contributed by atoms with Crippen LogP contribution in [-0.2, 0) is 17.0 Å². The predicted molar refractivity (Wildman–Crippen MR) is 279 cm³/mol. The molecule has 8 aromatic rings. The Morgan fingerprint density at radius 3 is 1.32 bits per heavy atom. The Morgan fingerprint density at radius 1 is 0.441 bits per heavy atom. The molecule has 0 N–H and O–H groups in total. The fraction of sp³-hybridized carbons (Fsp3) is 0.213. The van der Waals surface area contributed by atoms with Gasteiger partial charge >= 0.3 is 6.18 Å². The van der Waals surface area contributed by atoms with E-state index in [1.807, 2.05) is 73.7 Å². The van der Waals surface area contributed by atoms with Crippen molar-refractivity contribution in [2.75, 3.05) is 0 Å². The van der Waals surface area contributed by atoms with Gasteiger partial charge in [0.25, 0.3) is 0 Å². The van der Waals surface area contributed by atoms with Gasteiger partial charge < -0.3 is 0 Å². The third-order valence-electron chi connectivity index (χ3n) is 14.1. The van der Waals surface area contributed by atoms with Gasteiger partial charge in [-0.3, -0.25) is 0 Å². The SMILES string of the molecule is CCC[C@@](c1ccccc1)(c1ccc(C)cc1Cl)C(c1ccc(C(F)(F)F)cc1)C(C)(c1ccc(Cl)cc1)C(C(c1ccccc1)c1ccc(Cl)cc1)C(c1ccc(C)cc1)c1ccc(Cl)cc1. The minimum atomic E-state index is -4.56. The Morgan fingerprint density at radius 2 is 0.853 bits per heavy atom. The summed E-state index contributed by atoms with van der Waals surface area (Å²) >= 11 is 28.0. The normalized spacial score (nSPS) is 15.4. The van der Waals surface area contributed by atoms with Crippen LogP contribution < -0.4 is 0 Å². The van der Waals surface area contributed by atoms with E-state index >= 15 is 0 Å². The zero-order valence-electron chi connectivity index (χ0n) is 38.4. The van der Waals surface area contributed by atoms with E-state index in [2.05, 4.69) is 130 Å². The Hall–Kier alpha value is -5.29. The number of halogens is 7. The second-order valence-electron chi connectivity index (χ2n) is 18.3. The molecule has 8 aromatic carbocycles. The molecule has 0 aliphatic rings. The number of alkyl halides is 3. The molecule has 68 heavy (non-hydrogen) atoms. The maximum Gasteiger partial charge on any atom is 0.416 e. The van der Waals surface area contributed by atoms with Gasteiger partial charge in [0, 0.05) is 48.7 Å². The monoisotopic (exact) mass is 982 g/mol. The molecule has 0 amide bonds. The molecule has 0 spiro atoms. The third kappa shape index (κ3) is 9.92. The zero-order valence-corrected chi connectivity index (χ0v) is 41.4. The topological polar surface area (TPSA) is 0 Å². The molecule has 0 saturated carbocycles. The average molecular weight is 985 g/mol. The Kier molecular flexibility index (Phi) is 15.0. The van der Waals surface area contributed by atoms with Crippen LogP contribution in [0, 0.1) is 19.8 Å². The molecule has 6 atom stereocenters. The van der Waals surface area contributed by atoms with Gasteiger partial charge in [-0.25, -0.2) is 0 Å². The minimum Gasteiger partial charge on any atom is -0.166 e. The van der Waals surface area contributed by atoms with Crippen molar-refractivity contribution < 1.29 is 13.2 Å². The van der Waals surface area contributed by atoms with Gasteiger partial charge in [0.2, 0.25) is 0 Å². The molecular weight excluding hydrogens is 931 g/mol. The molecule has 0 aliphatic heterocycles. The average Bonchev–Trinajstić information content (AvgIpc) is 3.33. The summed E-state index contributed by atoms with van der Waals surface area (Å²) < 4.78 is 44.3. The number of hydrogen-bond acceptors (Lipinski definition) is 0. The van der Waals surface area contributed by atoms with Crippen LogP contribution >= 0.6 is 46.4 Å². The number of benzene rings is 8. The van der Waals surface area contributed by atoms with E-state index in [1.165, 1.54) is 12.1 Å². The van der Waals surface area contributed by atoms with Crippen LogP contribution in [0.5, 0.6) is 0 Å². The molecule has 8 rings (SSSR count). The molecule has 0 saturated heterocycles. The summed E-state index contributed by atoms with van der Waals surface area (Å²) in [5.74, 6) is -1.79. The zero-order chi connectivity index (χ0) is 48.2. The fourth-order valence-electron chi connectivity index (χ4n) is 11.3. The molecule has 0 aliphatic carbocycles. The molecule has 7 heteroatoms. The van der Waals surface area contributed by atoms with Crippen LogP contribution in [0.4, 0.5) is 13.2 Å². The van der Waals surface area contributed by atoms with Crippen LogP contribution in [0.2, 0.25) is 20.1 Å². The predicted octanol–water partition coefficient (Wildman–Crippen LogP) is 19.0. The highest BCUT2D eigenvalue weighted by Crippen LogP contribution is 2.65. The van der Waals surface area contributed by atoms with E-state index in [0.29, 0.717) is 26.5 Å². The number of rotatable bonds is 15. The first kappa shape index (κ1) is 49.1. The molecule has 0 heterocycles. The van der Waals surface area contributed by atoms with Crippen molar-refractivity contribution in [3.63, 3.8) is 0 Å². The van der Waals surface area contributed by atoms with Gasteiger partial charge in [-0.15, -0.1) is 0 Å². The van der Waals surface area contributed by atoms with Crippen LogP contribution in [0.3, 0.4) is 0 Å². The summed E-state index contributed by atoms with van der Waals surface area (Å²) in [6.45, 7) is 8.61. The molecule has 346 valence electrons. The lowest BCUT2D eigenvalue weighted by molar-refractivity contribution is -0.137. The van der Waals surface area contributed by atoms with E-state index in [-0.39, 0.29) is 11.8 Å². The Bertz CT molecular complexity index is 2850. The quantitative estimate of drug-likeness (QED) is 0.0960. The van der Waals surface area contributed by atoms with Gasteiger partial charge in [-0.2, -0.15) is 13.2 Å². The molecule has 0 radical (unpaired) electrons. The maximum atomic E-state index is 14.8. The first-order valence-electron chi connectivity index (χ1n) is 23.0. The van der Waals surface area contributed by atoms with E-state index in [1.54, 1.807) is 12.1 Å². The molecule has 0 fully saturated rings. The van der Waals surface area contributed by atoms with Crippen molar-refractivity contribution in [3.05, 3.63) is 281 Å². The first-order valence-corrected chi connectivity index (χ1v) is 24.5. The van der Waals surface area contributed by atoms with Gasteiger partial charge in [-0.1, -0.05) is 218 Å².